The van der Waals surface area contributed by atoms with Gasteiger partial charge in [-0.25, -0.2) is 0 Å². The molecule has 1 atom stereocenters. The second-order valence-electron chi connectivity index (χ2n) is 8.75. The second kappa shape index (κ2) is 9.96. The highest BCUT2D eigenvalue weighted by atomic mass is 16.5. The van der Waals surface area contributed by atoms with Gasteiger partial charge in [0, 0.05) is 35.8 Å². The zero-order valence-electron chi connectivity index (χ0n) is 19.4. The number of hydrogen-bond acceptors (Lipinski definition) is 5. The number of likely N-dealkylation sites (tertiary alicyclic amines) is 1. The molecule has 5 rings (SSSR count). The van der Waals surface area contributed by atoms with Gasteiger partial charge in [0.1, 0.15) is 12.4 Å². The number of rotatable bonds is 6. The largest absolute Gasteiger partial charge is 0.489 e. The lowest BCUT2D eigenvalue weighted by Crippen LogP contribution is -2.27. The molecule has 1 unspecified atom stereocenters. The zero-order chi connectivity index (χ0) is 24.2. The van der Waals surface area contributed by atoms with Crippen LogP contribution in [0.1, 0.15) is 51.5 Å². The molecule has 1 aliphatic rings. The van der Waals surface area contributed by atoms with Gasteiger partial charge in [-0.1, -0.05) is 36.4 Å². The van der Waals surface area contributed by atoms with Crippen LogP contribution >= 0.6 is 0 Å². The maximum absolute atomic E-state index is 12.9. The summed E-state index contributed by atoms with van der Waals surface area (Å²) in [7, 11) is 0. The molecule has 6 heteroatoms. The molecule has 3 aromatic carbocycles. The van der Waals surface area contributed by atoms with Gasteiger partial charge in [0.25, 0.3) is 5.91 Å². The highest BCUT2D eigenvalue weighted by molar-refractivity contribution is 5.98. The Morgan fingerprint density at radius 3 is 2.60 bits per heavy atom. The summed E-state index contributed by atoms with van der Waals surface area (Å²) in [5.41, 5.74) is 11.3. The first-order valence-corrected chi connectivity index (χ1v) is 11.8. The van der Waals surface area contributed by atoms with E-state index in [1.54, 1.807) is 24.4 Å². The Labute approximate surface area is 204 Å². The van der Waals surface area contributed by atoms with E-state index in [2.05, 4.69) is 11.1 Å². The van der Waals surface area contributed by atoms with Gasteiger partial charge in [-0.05, 0) is 60.4 Å². The number of carbonyl (C=O) groups is 1. The minimum Gasteiger partial charge on any atom is -0.489 e. The molecule has 0 saturated carbocycles. The maximum atomic E-state index is 12.9. The molecule has 6 nitrogen and oxygen atoms in total. The number of nitrogens with two attached hydrogens (primary N) is 1. The molecule has 1 saturated heterocycles. The third-order valence-electron chi connectivity index (χ3n) is 6.46. The summed E-state index contributed by atoms with van der Waals surface area (Å²) in [6.07, 6.45) is 3.81. The molecular formula is C29H26N4O2. The van der Waals surface area contributed by atoms with Gasteiger partial charge < -0.3 is 15.4 Å². The van der Waals surface area contributed by atoms with Crippen molar-refractivity contribution in [3.63, 3.8) is 0 Å². The summed E-state index contributed by atoms with van der Waals surface area (Å²) in [6.45, 7) is 2.00. The molecule has 1 aromatic heterocycles. The predicted octanol–water partition coefficient (Wildman–Crippen LogP) is 4.97. The highest BCUT2D eigenvalue weighted by Crippen LogP contribution is 2.33. The van der Waals surface area contributed by atoms with Crippen molar-refractivity contribution in [2.24, 2.45) is 5.73 Å². The summed E-state index contributed by atoms with van der Waals surface area (Å²) in [5.74, 6) is 0.672. The molecule has 35 heavy (non-hydrogen) atoms. The summed E-state index contributed by atoms with van der Waals surface area (Å²) >= 11 is 0. The number of aromatic nitrogens is 1. The lowest BCUT2D eigenvalue weighted by Gasteiger charge is -2.20. The number of ether oxygens (including phenoxy) is 1. The molecule has 0 bridgehead atoms. The van der Waals surface area contributed by atoms with Crippen LogP contribution in [-0.4, -0.2) is 28.9 Å². The topological polar surface area (TPSA) is 92.2 Å². The zero-order valence-corrected chi connectivity index (χ0v) is 19.4. The summed E-state index contributed by atoms with van der Waals surface area (Å²) in [5, 5.41) is 10.3. The average molecular weight is 463 g/mol. The molecule has 1 fully saturated rings. The monoisotopic (exact) mass is 462 g/mol. The van der Waals surface area contributed by atoms with E-state index in [0.29, 0.717) is 29.0 Å². The van der Waals surface area contributed by atoms with E-state index in [9.17, 15) is 10.1 Å². The van der Waals surface area contributed by atoms with Gasteiger partial charge in [-0.15, -0.1) is 0 Å². The van der Waals surface area contributed by atoms with E-state index in [0.717, 1.165) is 48.0 Å². The number of fused-ring (bicyclic) bond motifs is 1. The first kappa shape index (κ1) is 22.6. The molecule has 0 radical (unpaired) electrons. The minimum absolute atomic E-state index is 0.0409. The number of pyridine rings is 1. The van der Waals surface area contributed by atoms with Crippen LogP contribution in [0, 0.1) is 11.3 Å². The van der Waals surface area contributed by atoms with Crippen LogP contribution in [0.25, 0.3) is 10.9 Å². The van der Waals surface area contributed by atoms with Gasteiger partial charge >= 0.3 is 0 Å². The Bertz CT molecular complexity index is 1410. The fourth-order valence-electron chi connectivity index (χ4n) is 4.57. The van der Waals surface area contributed by atoms with Gasteiger partial charge in [-0.3, -0.25) is 9.78 Å². The van der Waals surface area contributed by atoms with Gasteiger partial charge in [0.2, 0.25) is 0 Å². The van der Waals surface area contributed by atoms with Crippen molar-refractivity contribution in [3.8, 4) is 11.8 Å². The Morgan fingerprint density at radius 1 is 1.03 bits per heavy atom. The smallest absolute Gasteiger partial charge is 0.253 e. The Balaban J connectivity index is 1.48. The molecule has 1 aliphatic heterocycles. The molecule has 2 N–H and O–H groups in total. The Hall–Kier alpha value is -4.21. The van der Waals surface area contributed by atoms with Gasteiger partial charge in [0.15, 0.2) is 0 Å². The summed E-state index contributed by atoms with van der Waals surface area (Å²) in [6, 6.07) is 24.3. The summed E-state index contributed by atoms with van der Waals surface area (Å²) < 4.78 is 6.13. The van der Waals surface area contributed by atoms with Crippen molar-refractivity contribution >= 4 is 16.8 Å². The summed E-state index contributed by atoms with van der Waals surface area (Å²) in [4.78, 5) is 19.3. The van der Waals surface area contributed by atoms with Crippen LogP contribution in [0.3, 0.4) is 0 Å². The number of amides is 1. The third kappa shape index (κ3) is 4.72. The van der Waals surface area contributed by atoms with Crippen LogP contribution < -0.4 is 10.5 Å². The molecule has 0 spiro atoms. The van der Waals surface area contributed by atoms with E-state index in [1.807, 2.05) is 59.5 Å². The van der Waals surface area contributed by atoms with Crippen molar-refractivity contribution < 1.29 is 9.53 Å². The van der Waals surface area contributed by atoms with E-state index < -0.39 is 6.04 Å². The lowest BCUT2D eigenvalue weighted by molar-refractivity contribution is 0.0793. The van der Waals surface area contributed by atoms with Gasteiger partial charge in [0.05, 0.1) is 23.2 Å². The molecule has 1 amide bonds. The lowest BCUT2D eigenvalue weighted by atomic mass is 9.94. The number of carbonyl (C=O) groups excluding carboxylic acids is 1. The second-order valence-corrected chi connectivity index (χ2v) is 8.75. The van der Waals surface area contributed by atoms with Crippen molar-refractivity contribution in [1.29, 1.82) is 5.26 Å². The van der Waals surface area contributed by atoms with Crippen molar-refractivity contribution in [1.82, 2.24) is 9.88 Å². The normalized spacial score (nSPS) is 14.0. The number of nitrogens with zero attached hydrogens (tertiary/aromatic N) is 3. The standard InChI is InChI=1S/C29H26N4O2/c30-18-21-8-11-27(35-19-20-6-2-1-3-7-20)25(16-21)28(31)24-12-13-32-26-17-22(9-10-23(24)26)29(34)33-14-4-5-15-33/h1-3,6-13,16-17,28H,4-5,14-15,19,31H2. The fraction of sp³-hybridized carbons (Fsp3) is 0.207. The third-order valence-corrected chi connectivity index (χ3v) is 6.46. The molecular weight excluding hydrogens is 436 g/mol. The van der Waals surface area contributed by atoms with E-state index in [1.165, 1.54) is 0 Å². The quantitative estimate of drug-likeness (QED) is 0.437. The van der Waals surface area contributed by atoms with E-state index in [4.69, 9.17) is 10.5 Å². The van der Waals surface area contributed by atoms with E-state index >= 15 is 0 Å². The first-order chi connectivity index (χ1) is 17.1. The van der Waals surface area contributed by atoms with Crippen LogP contribution in [0.4, 0.5) is 0 Å². The Morgan fingerprint density at radius 2 is 1.83 bits per heavy atom. The van der Waals surface area contributed by atoms with Crippen LogP contribution in [0.5, 0.6) is 5.75 Å². The molecule has 2 heterocycles. The SMILES string of the molecule is N#Cc1ccc(OCc2ccccc2)c(C(N)c2ccnc3cc(C(=O)N4CCCC4)ccc23)c1. The van der Waals surface area contributed by atoms with Crippen molar-refractivity contribution in [3.05, 3.63) is 107 Å². The molecule has 0 aliphatic carbocycles. The number of nitriles is 1. The molecule has 4 aromatic rings. The minimum atomic E-state index is -0.542. The molecule has 174 valence electrons. The van der Waals surface area contributed by atoms with Crippen molar-refractivity contribution in [2.45, 2.75) is 25.5 Å². The number of benzene rings is 3. The van der Waals surface area contributed by atoms with E-state index in [-0.39, 0.29) is 5.91 Å². The average Bonchev–Trinajstić information content (AvgIpc) is 3.46. The predicted molar refractivity (Wildman–Crippen MR) is 135 cm³/mol. The Kier molecular flexibility index (Phi) is 6.42. The fourth-order valence-corrected chi connectivity index (χ4v) is 4.57. The number of hydrogen-bond donors (Lipinski definition) is 1. The van der Waals surface area contributed by atoms with Crippen LogP contribution in [0.2, 0.25) is 0 Å². The van der Waals surface area contributed by atoms with Crippen LogP contribution in [0.15, 0.2) is 79.0 Å². The maximum Gasteiger partial charge on any atom is 0.253 e. The van der Waals surface area contributed by atoms with Crippen LogP contribution in [-0.2, 0) is 6.61 Å². The van der Waals surface area contributed by atoms with Gasteiger partial charge in [-0.2, -0.15) is 5.26 Å². The highest BCUT2D eigenvalue weighted by Gasteiger charge is 2.22. The first-order valence-electron chi connectivity index (χ1n) is 11.8. The van der Waals surface area contributed by atoms with Crippen molar-refractivity contribution in [2.75, 3.05) is 13.1 Å².